The predicted octanol–water partition coefficient (Wildman–Crippen LogP) is 4.41. The lowest BCUT2D eigenvalue weighted by atomic mass is 10.1. The Balaban J connectivity index is 2.12. The first-order chi connectivity index (χ1) is 11.6. The number of nitrogens with two attached hydrogens (primary N) is 1. The van der Waals surface area contributed by atoms with Crippen LogP contribution in [-0.2, 0) is 4.74 Å². The maximum atomic E-state index is 12.5. The summed E-state index contributed by atoms with van der Waals surface area (Å²) in [6.45, 7) is 2.11. The molecule has 3 aromatic rings. The van der Waals surface area contributed by atoms with E-state index >= 15 is 0 Å². The summed E-state index contributed by atoms with van der Waals surface area (Å²) in [5, 5.41) is 4.79. The number of methoxy groups -OCH3 is 1. The number of hydrogen-bond acceptors (Lipinski definition) is 6. The number of hydrogen-bond donors (Lipinski definition) is 2. The number of anilines is 3. The number of rotatable bonds is 5. The van der Waals surface area contributed by atoms with Crippen molar-refractivity contribution in [3.63, 3.8) is 0 Å². The normalized spacial score (nSPS) is 10.6. The molecule has 1 aromatic heterocycles. The number of carbonyl (C=O) groups excluding carboxylic acids is 1. The Bertz CT molecular complexity index is 889. The van der Waals surface area contributed by atoms with E-state index in [9.17, 15) is 4.79 Å². The van der Waals surface area contributed by atoms with E-state index in [0.29, 0.717) is 22.9 Å². The van der Waals surface area contributed by atoms with Crippen molar-refractivity contribution in [3.05, 3.63) is 48.0 Å². The summed E-state index contributed by atoms with van der Waals surface area (Å²) in [5.41, 5.74) is 7.88. The smallest absolute Gasteiger partial charge is 0.341 e. The highest BCUT2D eigenvalue weighted by Gasteiger charge is 2.21. The number of thiophene rings is 1. The van der Waals surface area contributed by atoms with E-state index in [1.807, 2.05) is 42.5 Å². The lowest BCUT2D eigenvalue weighted by molar-refractivity contribution is 0.0530. The standard InChI is InChI=1S/C18H18N2O3S/c1-3-23-18(21)16-12-9-8-11(22-2)10-15(12)24-17(16)20-14-7-5-4-6-13(14)19/h4-10,20H,3,19H2,1-2H3. The highest BCUT2D eigenvalue weighted by Crippen LogP contribution is 2.40. The predicted molar refractivity (Wildman–Crippen MR) is 98.5 cm³/mol. The molecule has 0 amide bonds. The van der Waals surface area contributed by atoms with Gasteiger partial charge in [0.1, 0.15) is 16.3 Å². The van der Waals surface area contributed by atoms with Gasteiger partial charge in [0.05, 0.1) is 25.1 Å². The molecule has 0 aliphatic carbocycles. The van der Waals surface area contributed by atoms with Crippen LogP contribution in [0.3, 0.4) is 0 Å². The summed E-state index contributed by atoms with van der Waals surface area (Å²) in [6, 6.07) is 13.0. The van der Waals surface area contributed by atoms with Gasteiger partial charge in [-0.15, -0.1) is 11.3 Å². The average molecular weight is 342 g/mol. The zero-order chi connectivity index (χ0) is 17.1. The summed E-state index contributed by atoms with van der Waals surface area (Å²) < 4.78 is 11.4. The van der Waals surface area contributed by atoms with Gasteiger partial charge < -0.3 is 20.5 Å². The van der Waals surface area contributed by atoms with Crippen LogP contribution in [0.2, 0.25) is 0 Å². The SMILES string of the molecule is CCOC(=O)c1c(Nc2ccccc2N)sc2cc(OC)ccc12. The van der Waals surface area contributed by atoms with Gasteiger partial charge in [-0.2, -0.15) is 0 Å². The maximum absolute atomic E-state index is 12.5. The average Bonchev–Trinajstić information content (AvgIpc) is 2.94. The third-order valence-electron chi connectivity index (χ3n) is 3.59. The molecule has 0 atom stereocenters. The number of fused-ring (bicyclic) bond motifs is 1. The van der Waals surface area contributed by atoms with Crippen LogP contribution in [0, 0.1) is 0 Å². The van der Waals surface area contributed by atoms with Crippen LogP contribution in [0.1, 0.15) is 17.3 Å². The van der Waals surface area contributed by atoms with Gasteiger partial charge in [0, 0.05) is 10.1 Å². The molecule has 124 valence electrons. The van der Waals surface area contributed by atoms with E-state index < -0.39 is 0 Å². The van der Waals surface area contributed by atoms with E-state index in [1.165, 1.54) is 11.3 Å². The van der Waals surface area contributed by atoms with Gasteiger partial charge in [-0.25, -0.2) is 4.79 Å². The van der Waals surface area contributed by atoms with Gasteiger partial charge in [0.2, 0.25) is 0 Å². The molecule has 6 heteroatoms. The molecule has 0 radical (unpaired) electrons. The lowest BCUT2D eigenvalue weighted by Gasteiger charge is -2.09. The molecule has 24 heavy (non-hydrogen) atoms. The zero-order valence-corrected chi connectivity index (χ0v) is 14.3. The first kappa shape index (κ1) is 16.1. The minimum Gasteiger partial charge on any atom is -0.497 e. The van der Waals surface area contributed by atoms with Crippen molar-refractivity contribution in [2.24, 2.45) is 0 Å². The molecule has 0 aliphatic heterocycles. The summed E-state index contributed by atoms with van der Waals surface area (Å²) in [7, 11) is 1.62. The number of nitrogens with one attached hydrogen (secondary N) is 1. The molecule has 1 heterocycles. The van der Waals surface area contributed by atoms with Gasteiger partial charge in [-0.1, -0.05) is 12.1 Å². The van der Waals surface area contributed by atoms with Gasteiger partial charge in [0.15, 0.2) is 0 Å². The molecular weight excluding hydrogens is 324 g/mol. The maximum Gasteiger partial charge on any atom is 0.341 e. The quantitative estimate of drug-likeness (QED) is 0.530. The Morgan fingerprint density at radius 1 is 1.25 bits per heavy atom. The number of benzene rings is 2. The van der Waals surface area contributed by atoms with Crippen LogP contribution in [0.25, 0.3) is 10.1 Å². The van der Waals surface area contributed by atoms with Gasteiger partial charge in [0.25, 0.3) is 0 Å². The topological polar surface area (TPSA) is 73.6 Å². The molecule has 0 spiro atoms. The fourth-order valence-electron chi connectivity index (χ4n) is 2.43. The van der Waals surface area contributed by atoms with Crippen molar-refractivity contribution < 1.29 is 14.3 Å². The van der Waals surface area contributed by atoms with Crippen molar-refractivity contribution >= 4 is 43.8 Å². The van der Waals surface area contributed by atoms with Crippen molar-refractivity contribution in [2.75, 3.05) is 24.8 Å². The van der Waals surface area contributed by atoms with Crippen LogP contribution in [-0.4, -0.2) is 19.7 Å². The summed E-state index contributed by atoms with van der Waals surface area (Å²) >= 11 is 1.46. The minimum absolute atomic E-state index is 0.319. The van der Waals surface area contributed by atoms with Gasteiger partial charge >= 0.3 is 5.97 Å². The number of esters is 1. The van der Waals surface area contributed by atoms with Crippen LogP contribution in [0.15, 0.2) is 42.5 Å². The van der Waals surface area contributed by atoms with E-state index in [1.54, 1.807) is 14.0 Å². The van der Waals surface area contributed by atoms with Crippen molar-refractivity contribution in [1.29, 1.82) is 0 Å². The molecule has 0 saturated carbocycles. The highest BCUT2D eigenvalue weighted by atomic mass is 32.1. The lowest BCUT2D eigenvalue weighted by Crippen LogP contribution is -2.06. The van der Waals surface area contributed by atoms with Crippen LogP contribution in [0.4, 0.5) is 16.4 Å². The number of ether oxygens (including phenoxy) is 2. The third kappa shape index (κ3) is 3.00. The fourth-order valence-corrected chi connectivity index (χ4v) is 3.56. The molecule has 3 N–H and O–H groups in total. The Kier molecular flexibility index (Phi) is 4.57. The molecule has 2 aromatic carbocycles. The van der Waals surface area contributed by atoms with E-state index in [2.05, 4.69) is 5.32 Å². The summed E-state index contributed by atoms with van der Waals surface area (Å²) in [4.78, 5) is 12.5. The Morgan fingerprint density at radius 3 is 2.75 bits per heavy atom. The van der Waals surface area contributed by atoms with Crippen molar-refractivity contribution in [1.82, 2.24) is 0 Å². The first-order valence-electron chi connectivity index (χ1n) is 7.53. The Hall–Kier alpha value is -2.73. The number of carbonyl (C=O) groups is 1. The zero-order valence-electron chi connectivity index (χ0n) is 13.5. The van der Waals surface area contributed by atoms with Crippen LogP contribution < -0.4 is 15.8 Å². The largest absolute Gasteiger partial charge is 0.497 e. The van der Waals surface area contributed by atoms with E-state index in [4.69, 9.17) is 15.2 Å². The van der Waals surface area contributed by atoms with Gasteiger partial charge in [-0.05, 0) is 37.3 Å². The summed E-state index contributed by atoms with van der Waals surface area (Å²) in [6.07, 6.45) is 0. The molecule has 3 rings (SSSR count). The molecule has 0 saturated heterocycles. The second kappa shape index (κ2) is 6.80. The molecular formula is C18H18N2O3S. The highest BCUT2D eigenvalue weighted by molar-refractivity contribution is 7.23. The molecule has 0 fully saturated rings. The second-order valence-electron chi connectivity index (χ2n) is 5.10. The van der Waals surface area contributed by atoms with E-state index in [-0.39, 0.29) is 5.97 Å². The minimum atomic E-state index is -0.356. The Labute approximate surface area is 144 Å². The number of nitrogen functional groups attached to an aromatic ring is 1. The van der Waals surface area contributed by atoms with Crippen molar-refractivity contribution in [3.8, 4) is 5.75 Å². The van der Waals surface area contributed by atoms with Crippen LogP contribution >= 0.6 is 11.3 Å². The summed E-state index contributed by atoms with van der Waals surface area (Å²) in [5.74, 6) is 0.385. The van der Waals surface area contributed by atoms with Gasteiger partial charge in [-0.3, -0.25) is 0 Å². The fraction of sp³-hybridized carbons (Fsp3) is 0.167. The van der Waals surface area contributed by atoms with E-state index in [0.717, 1.165) is 21.5 Å². The molecule has 0 unspecified atom stereocenters. The monoisotopic (exact) mass is 342 g/mol. The second-order valence-corrected chi connectivity index (χ2v) is 6.15. The molecule has 5 nitrogen and oxygen atoms in total. The van der Waals surface area contributed by atoms with Crippen LogP contribution in [0.5, 0.6) is 5.75 Å². The Morgan fingerprint density at radius 2 is 2.04 bits per heavy atom. The molecule has 0 aliphatic rings. The molecule has 0 bridgehead atoms. The first-order valence-corrected chi connectivity index (χ1v) is 8.35. The van der Waals surface area contributed by atoms with Crippen molar-refractivity contribution in [2.45, 2.75) is 6.92 Å². The number of para-hydroxylation sites is 2. The third-order valence-corrected chi connectivity index (χ3v) is 4.65.